The second-order valence-electron chi connectivity index (χ2n) is 6.68. The number of hydrogen-bond donors (Lipinski definition) is 0. The van der Waals surface area contributed by atoms with Gasteiger partial charge in [-0.15, -0.1) is 0 Å². The smallest absolute Gasteiger partial charge is 0.264 e. The van der Waals surface area contributed by atoms with Crippen LogP contribution in [-0.2, 0) is 6.42 Å². The molecule has 0 radical (unpaired) electrons. The highest BCUT2D eigenvalue weighted by Gasteiger charge is 2.12. The molecule has 2 aromatic heterocycles. The third-order valence-electron chi connectivity index (χ3n) is 4.87. The Kier molecular flexibility index (Phi) is 4.78. The molecule has 4 rings (SSSR count). The summed E-state index contributed by atoms with van der Waals surface area (Å²) in [5, 5.41) is 1.57. The van der Waals surface area contributed by atoms with Crippen LogP contribution >= 0.6 is 0 Å². The standard InChI is InChI=1S/C25H20N2O/c1-3-22-16-20-9-7-8-19(12-13-21-17-26-15-14-18(21)2)24(20)25(28)27(22)23-10-5-4-6-11-23/h4-11,14-17H,3H2,1-2H3. The van der Waals surface area contributed by atoms with E-state index in [0.717, 1.165) is 39.9 Å². The van der Waals surface area contributed by atoms with Gasteiger partial charge in [-0.1, -0.05) is 49.1 Å². The van der Waals surface area contributed by atoms with Crippen LogP contribution in [0.2, 0.25) is 0 Å². The fraction of sp³-hybridized carbons (Fsp3) is 0.120. The maximum absolute atomic E-state index is 13.5. The van der Waals surface area contributed by atoms with Gasteiger partial charge in [0.2, 0.25) is 0 Å². The molecule has 3 nitrogen and oxygen atoms in total. The average Bonchev–Trinajstić information content (AvgIpc) is 2.73. The highest BCUT2D eigenvalue weighted by atomic mass is 16.1. The number of nitrogens with zero attached hydrogens (tertiary/aromatic N) is 2. The third kappa shape index (κ3) is 3.21. The Morgan fingerprint density at radius 1 is 0.964 bits per heavy atom. The Labute approximate surface area is 164 Å². The molecule has 28 heavy (non-hydrogen) atoms. The quantitative estimate of drug-likeness (QED) is 0.485. The predicted molar refractivity (Wildman–Crippen MR) is 114 cm³/mol. The van der Waals surface area contributed by atoms with Crippen molar-refractivity contribution >= 4 is 10.8 Å². The molecule has 2 aromatic carbocycles. The Balaban J connectivity index is 1.98. The van der Waals surface area contributed by atoms with E-state index in [9.17, 15) is 4.79 Å². The summed E-state index contributed by atoms with van der Waals surface area (Å²) in [5.74, 6) is 6.37. The number of pyridine rings is 2. The molecule has 2 heterocycles. The molecule has 0 saturated heterocycles. The lowest BCUT2D eigenvalue weighted by molar-refractivity contribution is 0.889. The molecular formula is C25H20N2O. The lowest BCUT2D eigenvalue weighted by atomic mass is 10.0. The number of fused-ring (bicyclic) bond motifs is 1. The van der Waals surface area contributed by atoms with Crippen LogP contribution in [0.4, 0.5) is 0 Å². The van der Waals surface area contributed by atoms with Crippen LogP contribution in [0.3, 0.4) is 0 Å². The van der Waals surface area contributed by atoms with Crippen LogP contribution in [0, 0.1) is 18.8 Å². The molecule has 0 saturated carbocycles. The highest BCUT2D eigenvalue weighted by Crippen LogP contribution is 2.19. The van der Waals surface area contributed by atoms with E-state index < -0.39 is 0 Å². The van der Waals surface area contributed by atoms with Gasteiger partial charge < -0.3 is 0 Å². The van der Waals surface area contributed by atoms with Crippen molar-refractivity contribution in [2.24, 2.45) is 0 Å². The van der Waals surface area contributed by atoms with Crippen LogP contribution in [-0.4, -0.2) is 9.55 Å². The summed E-state index contributed by atoms with van der Waals surface area (Å²) >= 11 is 0. The van der Waals surface area contributed by atoms with E-state index in [-0.39, 0.29) is 5.56 Å². The minimum absolute atomic E-state index is 0.0339. The van der Waals surface area contributed by atoms with E-state index in [1.54, 1.807) is 17.0 Å². The van der Waals surface area contributed by atoms with Crippen molar-refractivity contribution in [2.75, 3.05) is 0 Å². The zero-order valence-corrected chi connectivity index (χ0v) is 15.9. The second kappa shape index (κ2) is 7.54. The molecule has 0 aliphatic carbocycles. The number of rotatable bonds is 2. The minimum Gasteiger partial charge on any atom is -0.281 e. The van der Waals surface area contributed by atoms with E-state index in [4.69, 9.17) is 0 Å². The fourth-order valence-electron chi connectivity index (χ4n) is 3.37. The van der Waals surface area contributed by atoms with Gasteiger partial charge in [-0.05, 0) is 54.6 Å². The summed E-state index contributed by atoms with van der Waals surface area (Å²) < 4.78 is 1.79. The van der Waals surface area contributed by atoms with E-state index in [1.165, 1.54) is 0 Å². The van der Waals surface area contributed by atoms with E-state index in [0.29, 0.717) is 5.39 Å². The average molecular weight is 364 g/mol. The Morgan fingerprint density at radius 2 is 1.75 bits per heavy atom. The topological polar surface area (TPSA) is 34.9 Å². The van der Waals surface area contributed by atoms with Crippen LogP contribution in [0.1, 0.15) is 29.3 Å². The molecular weight excluding hydrogens is 344 g/mol. The summed E-state index contributed by atoms with van der Waals surface area (Å²) in [6.07, 6.45) is 4.28. The van der Waals surface area contributed by atoms with Gasteiger partial charge in [-0.3, -0.25) is 14.3 Å². The Hall–Kier alpha value is -3.64. The van der Waals surface area contributed by atoms with Crippen LogP contribution < -0.4 is 5.56 Å². The molecule has 136 valence electrons. The van der Waals surface area contributed by atoms with Gasteiger partial charge in [0.05, 0.1) is 5.39 Å². The summed E-state index contributed by atoms with van der Waals surface area (Å²) in [6.45, 7) is 4.07. The van der Waals surface area contributed by atoms with Crippen molar-refractivity contribution in [1.82, 2.24) is 9.55 Å². The summed E-state index contributed by atoms with van der Waals surface area (Å²) in [7, 11) is 0. The molecule has 0 N–H and O–H groups in total. The summed E-state index contributed by atoms with van der Waals surface area (Å²) in [4.78, 5) is 17.6. The van der Waals surface area contributed by atoms with Gasteiger partial charge in [0.1, 0.15) is 0 Å². The second-order valence-corrected chi connectivity index (χ2v) is 6.68. The van der Waals surface area contributed by atoms with Crippen molar-refractivity contribution in [3.05, 3.63) is 106 Å². The monoisotopic (exact) mass is 364 g/mol. The van der Waals surface area contributed by atoms with Crippen molar-refractivity contribution in [1.29, 1.82) is 0 Å². The molecule has 0 aliphatic heterocycles. The van der Waals surface area contributed by atoms with Gasteiger partial charge >= 0.3 is 0 Å². The molecule has 0 aliphatic rings. The summed E-state index contributed by atoms with van der Waals surface area (Å²) in [6, 6.07) is 19.6. The van der Waals surface area contributed by atoms with E-state index in [2.05, 4.69) is 29.8 Å². The highest BCUT2D eigenvalue weighted by molar-refractivity contribution is 5.88. The molecule has 0 atom stereocenters. The first-order chi connectivity index (χ1) is 13.7. The van der Waals surface area contributed by atoms with Crippen LogP contribution in [0.15, 0.2) is 77.9 Å². The molecule has 0 spiro atoms. The molecule has 0 fully saturated rings. The molecule has 0 bridgehead atoms. The molecule has 0 amide bonds. The Bertz CT molecular complexity index is 1270. The van der Waals surface area contributed by atoms with Gasteiger partial charge in [0.15, 0.2) is 0 Å². The SMILES string of the molecule is CCc1cc2cccc(C#Cc3cnccc3C)c2c(=O)n1-c1ccccc1. The van der Waals surface area contributed by atoms with Gasteiger partial charge in [0, 0.05) is 34.9 Å². The third-order valence-corrected chi connectivity index (χ3v) is 4.87. The largest absolute Gasteiger partial charge is 0.281 e. The lowest BCUT2D eigenvalue weighted by Crippen LogP contribution is -2.22. The number of hydrogen-bond acceptors (Lipinski definition) is 2. The number of aryl methyl sites for hydroxylation is 2. The fourth-order valence-corrected chi connectivity index (χ4v) is 3.37. The van der Waals surface area contributed by atoms with Crippen LogP contribution in [0.25, 0.3) is 16.5 Å². The first kappa shape index (κ1) is 17.8. The van der Waals surface area contributed by atoms with Crippen molar-refractivity contribution < 1.29 is 0 Å². The zero-order valence-electron chi connectivity index (χ0n) is 15.9. The molecule has 0 unspecified atom stereocenters. The number of aromatic nitrogens is 2. The van der Waals surface area contributed by atoms with Crippen molar-refractivity contribution in [3.8, 4) is 17.5 Å². The first-order valence-corrected chi connectivity index (χ1v) is 9.34. The van der Waals surface area contributed by atoms with Crippen molar-refractivity contribution in [3.63, 3.8) is 0 Å². The van der Waals surface area contributed by atoms with E-state index in [1.807, 2.05) is 61.5 Å². The van der Waals surface area contributed by atoms with Gasteiger partial charge in [-0.2, -0.15) is 0 Å². The molecule has 4 aromatic rings. The minimum atomic E-state index is -0.0339. The number of para-hydroxylation sites is 1. The van der Waals surface area contributed by atoms with Gasteiger partial charge in [-0.25, -0.2) is 0 Å². The lowest BCUT2D eigenvalue weighted by Gasteiger charge is -2.14. The molecule has 3 heteroatoms. The zero-order chi connectivity index (χ0) is 19.5. The first-order valence-electron chi connectivity index (χ1n) is 9.34. The van der Waals surface area contributed by atoms with Crippen molar-refractivity contribution in [2.45, 2.75) is 20.3 Å². The predicted octanol–water partition coefficient (Wildman–Crippen LogP) is 4.66. The Morgan fingerprint density at radius 3 is 2.50 bits per heavy atom. The number of benzene rings is 2. The van der Waals surface area contributed by atoms with Gasteiger partial charge in [0.25, 0.3) is 5.56 Å². The summed E-state index contributed by atoms with van der Waals surface area (Å²) in [5.41, 5.74) is 4.49. The van der Waals surface area contributed by atoms with Crippen LogP contribution in [0.5, 0.6) is 0 Å². The maximum Gasteiger partial charge on any atom is 0.264 e. The normalized spacial score (nSPS) is 10.5. The maximum atomic E-state index is 13.5. The van der Waals surface area contributed by atoms with E-state index >= 15 is 0 Å².